The Hall–Kier alpha value is -2.23. The van der Waals surface area contributed by atoms with Crippen molar-refractivity contribution in [3.8, 4) is 11.1 Å². The molecule has 98 valence electrons. The second-order valence-electron chi connectivity index (χ2n) is 4.16. The minimum atomic E-state index is -0.418. The van der Waals surface area contributed by atoms with Crippen molar-refractivity contribution in [3.05, 3.63) is 59.7 Å². The van der Waals surface area contributed by atoms with E-state index in [2.05, 4.69) is 5.32 Å². The van der Waals surface area contributed by atoms with Crippen LogP contribution < -0.4 is 5.32 Å². The Morgan fingerprint density at radius 3 is 2.53 bits per heavy atom. The smallest absolute Gasteiger partial charge is 0.224 e. The number of rotatable bonds is 3. The molecule has 1 amide bonds. The number of hydrogen-bond acceptors (Lipinski definition) is 1. The third kappa shape index (κ3) is 3.16. The van der Waals surface area contributed by atoms with Gasteiger partial charge in [-0.2, -0.15) is 0 Å². The molecule has 19 heavy (non-hydrogen) atoms. The zero-order valence-corrected chi connectivity index (χ0v) is 10.4. The second-order valence-corrected chi connectivity index (χ2v) is 4.16. The molecular weight excluding hydrogens is 248 g/mol. The van der Waals surface area contributed by atoms with E-state index < -0.39 is 5.82 Å². The first kappa shape index (κ1) is 13.2. The molecule has 0 aromatic heterocycles. The van der Waals surface area contributed by atoms with E-state index in [-0.39, 0.29) is 18.1 Å². The summed E-state index contributed by atoms with van der Waals surface area (Å²) in [6.07, 6.45) is 0.0557. The van der Waals surface area contributed by atoms with Crippen LogP contribution in [-0.4, -0.2) is 13.0 Å². The highest BCUT2D eigenvalue weighted by Crippen LogP contribution is 2.25. The van der Waals surface area contributed by atoms with Gasteiger partial charge in [0.15, 0.2) is 0 Å². The van der Waals surface area contributed by atoms with Gasteiger partial charge in [0.2, 0.25) is 5.91 Å². The van der Waals surface area contributed by atoms with Crippen LogP contribution in [0.2, 0.25) is 0 Å². The molecule has 0 atom stereocenters. The molecule has 0 bridgehead atoms. The average Bonchev–Trinajstić information content (AvgIpc) is 2.38. The van der Waals surface area contributed by atoms with E-state index >= 15 is 0 Å². The lowest BCUT2D eigenvalue weighted by atomic mass is 9.97. The topological polar surface area (TPSA) is 29.1 Å². The predicted molar refractivity (Wildman–Crippen MR) is 69.6 cm³/mol. The summed E-state index contributed by atoms with van der Waals surface area (Å²) in [5.74, 6) is -1.00. The summed E-state index contributed by atoms with van der Waals surface area (Å²) in [6, 6.07) is 10.2. The largest absolute Gasteiger partial charge is 0.359 e. The van der Waals surface area contributed by atoms with E-state index in [1.54, 1.807) is 18.2 Å². The highest BCUT2D eigenvalue weighted by Gasteiger charge is 2.10. The van der Waals surface area contributed by atoms with Gasteiger partial charge in [0.1, 0.15) is 11.6 Å². The van der Waals surface area contributed by atoms with E-state index in [4.69, 9.17) is 0 Å². The normalized spacial score (nSPS) is 10.3. The van der Waals surface area contributed by atoms with Gasteiger partial charge in [0, 0.05) is 7.05 Å². The number of benzene rings is 2. The number of likely N-dealkylation sites (N-methyl/N-ethyl adjacent to an activating group) is 1. The third-order valence-corrected chi connectivity index (χ3v) is 2.83. The Morgan fingerprint density at radius 1 is 1.11 bits per heavy atom. The number of halogens is 2. The van der Waals surface area contributed by atoms with Gasteiger partial charge in [0.25, 0.3) is 0 Å². The quantitative estimate of drug-likeness (QED) is 0.904. The van der Waals surface area contributed by atoms with Crippen LogP contribution in [0.15, 0.2) is 42.5 Å². The maximum Gasteiger partial charge on any atom is 0.224 e. The van der Waals surface area contributed by atoms with Crippen molar-refractivity contribution in [2.24, 2.45) is 0 Å². The van der Waals surface area contributed by atoms with Gasteiger partial charge in [-0.15, -0.1) is 0 Å². The van der Waals surface area contributed by atoms with Crippen LogP contribution in [0.3, 0.4) is 0 Å². The number of hydrogen-bond donors (Lipinski definition) is 1. The third-order valence-electron chi connectivity index (χ3n) is 2.83. The van der Waals surface area contributed by atoms with Gasteiger partial charge in [-0.05, 0) is 41.0 Å². The molecule has 2 aromatic carbocycles. The van der Waals surface area contributed by atoms with E-state index in [0.717, 1.165) is 0 Å². The Bertz CT molecular complexity index is 611. The molecule has 0 radical (unpaired) electrons. The number of carbonyl (C=O) groups is 1. The fourth-order valence-corrected chi connectivity index (χ4v) is 1.91. The molecule has 1 N–H and O–H groups in total. The molecule has 0 fully saturated rings. The van der Waals surface area contributed by atoms with Gasteiger partial charge < -0.3 is 5.32 Å². The first-order chi connectivity index (χ1) is 9.10. The van der Waals surface area contributed by atoms with Crippen molar-refractivity contribution in [1.29, 1.82) is 0 Å². The number of carbonyl (C=O) groups excluding carboxylic acids is 1. The lowest BCUT2D eigenvalue weighted by Gasteiger charge is -2.09. The molecule has 0 unspecified atom stereocenters. The van der Waals surface area contributed by atoms with E-state index in [0.29, 0.717) is 16.7 Å². The van der Waals surface area contributed by atoms with Gasteiger partial charge in [-0.3, -0.25) is 4.79 Å². The summed E-state index contributed by atoms with van der Waals surface area (Å²) in [5, 5.41) is 2.49. The van der Waals surface area contributed by atoms with Crippen molar-refractivity contribution in [3.63, 3.8) is 0 Å². The second kappa shape index (κ2) is 5.61. The Morgan fingerprint density at radius 2 is 1.84 bits per heavy atom. The van der Waals surface area contributed by atoms with Crippen LogP contribution in [0.1, 0.15) is 5.56 Å². The summed E-state index contributed by atoms with van der Waals surface area (Å²) in [6.45, 7) is 0. The van der Waals surface area contributed by atoms with Crippen molar-refractivity contribution in [2.75, 3.05) is 7.05 Å². The van der Waals surface area contributed by atoms with E-state index in [1.807, 2.05) is 0 Å². The summed E-state index contributed by atoms with van der Waals surface area (Å²) in [5.41, 5.74) is 1.81. The molecule has 0 heterocycles. The molecule has 0 saturated carbocycles. The highest BCUT2D eigenvalue weighted by molar-refractivity contribution is 5.81. The molecule has 2 aromatic rings. The zero-order valence-electron chi connectivity index (χ0n) is 10.4. The van der Waals surface area contributed by atoms with Crippen LogP contribution in [0, 0.1) is 11.6 Å². The van der Waals surface area contributed by atoms with Gasteiger partial charge in [0.05, 0.1) is 6.42 Å². The molecule has 4 heteroatoms. The lowest BCUT2D eigenvalue weighted by molar-refractivity contribution is -0.119. The minimum absolute atomic E-state index is 0.0557. The molecule has 2 rings (SSSR count). The Kier molecular flexibility index (Phi) is 3.90. The average molecular weight is 261 g/mol. The maximum absolute atomic E-state index is 13.3. The Labute approximate surface area is 110 Å². The Balaban J connectivity index is 2.47. The van der Waals surface area contributed by atoms with Crippen molar-refractivity contribution in [1.82, 2.24) is 5.32 Å². The first-order valence-electron chi connectivity index (χ1n) is 5.85. The highest BCUT2D eigenvalue weighted by atomic mass is 19.1. The molecular formula is C15H13F2NO. The summed E-state index contributed by atoms with van der Waals surface area (Å²) >= 11 is 0. The summed E-state index contributed by atoms with van der Waals surface area (Å²) < 4.78 is 26.5. The van der Waals surface area contributed by atoms with Crippen LogP contribution in [-0.2, 0) is 11.2 Å². The van der Waals surface area contributed by atoms with Crippen molar-refractivity contribution >= 4 is 5.91 Å². The standard InChI is InChI=1S/C15H13F2NO/c1-18-15(19)9-11-8-13(17)5-6-14(11)10-3-2-4-12(16)7-10/h2-8H,9H2,1H3,(H,18,19). The number of amides is 1. The first-order valence-corrected chi connectivity index (χ1v) is 5.85. The fraction of sp³-hybridized carbons (Fsp3) is 0.133. The maximum atomic E-state index is 13.3. The van der Waals surface area contributed by atoms with E-state index in [9.17, 15) is 13.6 Å². The molecule has 0 aliphatic rings. The fourth-order valence-electron chi connectivity index (χ4n) is 1.91. The molecule has 0 aliphatic heterocycles. The lowest BCUT2D eigenvalue weighted by Crippen LogP contribution is -2.20. The summed E-state index contributed by atoms with van der Waals surface area (Å²) in [4.78, 5) is 11.4. The van der Waals surface area contributed by atoms with E-state index in [1.165, 1.54) is 31.3 Å². The predicted octanol–water partition coefficient (Wildman–Crippen LogP) is 2.92. The molecule has 2 nitrogen and oxygen atoms in total. The van der Waals surface area contributed by atoms with Crippen LogP contribution >= 0.6 is 0 Å². The summed E-state index contributed by atoms with van der Waals surface area (Å²) in [7, 11) is 1.52. The number of nitrogens with one attached hydrogen (secondary N) is 1. The zero-order chi connectivity index (χ0) is 13.8. The van der Waals surface area contributed by atoms with Crippen molar-refractivity contribution < 1.29 is 13.6 Å². The van der Waals surface area contributed by atoms with Gasteiger partial charge in [-0.1, -0.05) is 18.2 Å². The van der Waals surface area contributed by atoms with Gasteiger partial charge >= 0.3 is 0 Å². The monoisotopic (exact) mass is 261 g/mol. The van der Waals surface area contributed by atoms with Crippen LogP contribution in [0.25, 0.3) is 11.1 Å². The van der Waals surface area contributed by atoms with Gasteiger partial charge in [-0.25, -0.2) is 8.78 Å². The van der Waals surface area contributed by atoms with Crippen LogP contribution in [0.5, 0.6) is 0 Å². The van der Waals surface area contributed by atoms with Crippen molar-refractivity contribution in [2.45, 2.75) is 6.42 Å². The SMILES string of the molecule is CNC(=O)Cc1cc(F)ccc1-c1cccc(F)c1. The minimum Gasteiger partial charge on any atom is -0.359 e. The molecule has 0 aliphatic carbocycles. The molecule has 0 spiro atoms. The molecule has 0 saturated heterocycles. The van der Waals surface area contributed by atoms with Crippen LogP contribution in [0.4, 0.5) is 8.78 Å².